The number of benzene rings is 1. The van der Waals surface area contributed by atoms with Gasteiger partial charge in [0.2, 0.25) is 0 Å². The monoisotopic (exact) mass is 398 g/mol. The molecule has 1 saturated heterocycles. The Morgan fingerprint density at radius 2 is 2.00 bits per heavy atom. The fourth-order valence-electron chi connectivity index (χ4n) is 3.74. The first kappa shape index (κ1) is 19.7. The van der Waals surface area contributed by atoms with Crippen LogP contribution in [-0.2, 0) is 18.3 Å². The first-order valence-electron chi connectivity index (χ1n) is 10.4. The number of hydrogen-bond donors (Lipinski definition) is 2. The van der Waals surface area contributed by atoms with E-state index >= 15 is 0 Å². The van der Waals surface area contributed by atoms with Crippen LogP contribution in [0.2, 0.25) is 0 Å². The normalized spacial score (nSPS) is 20.1. The number of nitrogens with zero attached hydrogens (tertiary/aromatic N) is 4. The zero-order valence-corrected chi connectivity index (χ0v) is 17.2. The van der Waals surface area contributed by atoms with E-state index in [1.807, 2.05) is 30.7 Å². The van der Waals surface area contributed by atoms with Crippen LogP contribution in [0, 0.1) is 12.8 Å². The molecule has 1 fully saturated rings. The molecule has 0 saturated carbocycles. The van der Waals surface area contributed by atoms with E-state index in [4.69, 9.17) is 14.5 Å². The molecule has 4 rings (SSSR count). The van der Waals surface area contributed by atoms with Gasteiger partial charge >= 0.3 is 0 Å². The zero-order chi connectivity index (χ0) is 20.1. The molecule has 1 aromatic carbocycles. The van der Waals surface area contributed by atoms with Crippen LogP contribution in [-0.4, -0.2) is 47.1 Å². The maximum absolute atomic E-state index is 5.80. The summed E-state index contributed by atoms with van der Waals surface area (Å²) in [6, 6.07) is 8.38. The summed E-state index contributed by atoms with van der Waals surface area (Å²) in [7, 11) is 1.97. The van der Waals surface area contributed by atoms with Crippen LogP contribution in [0.3, 0.4) is 0 Å². The molecule has 0 bridgehead atoms. The van der Waals surface area contributed by atoms with Crippen LogP contribution in [0.15, 0.2) is 29.3 Å². The van der Waals surface area contributed by atoms with Gasteiger partial charge in [-0.15, -0.1) is 10.2 Å². The summed E-state index contributed by atoms with van der Waals surface area (Å²) in [5.74, 6) is 4.10. The van der Waals surface area contributed by atoms with Crippen molar-refractivity contribution >= 4 is 5.96 Å². The summed E-state index contributed by atoms with van der Waals surface area (Å²) in [5.41, 5.74) is 1.17. The predicted octanol–water partition coefficient (Wildman–Crippen LogP) is 2.11. The molecule has 1 unspecified atom stereocenters. The van der Waals surface area contributed by atoms with Crippen LogP contribution in [0.5, 0.6) is 5.75 Å². The molecular weight excluding hydrogens is 368 g/mol. The van der Waals surface area contributed by atoms with Gasteiger partial charge in [-0.1, -0.05) is 18.2 Å². The van der Waals surface area contributed by atoms with Crippen LogP contribution >= 0.6 is 0 Å². The first-order chi connectivity index (χ1) is 14.2. The van der Waals surface area contributed by atoms with Gasteiger partial charge in [0.15, 0.2) is 11.8 Å². The van der Waals surface area contributed by atoms with Crippen LogP contribution < -0.4 is 15.4 Å². The Hall–Kier alpha value is -2.61. The van der Waals surface area contributed by atoms with Crippen molar-refractivity contribution in [1.29, 1.82) is 0 Å². The van der Waals surface area contributed by atoms with Gasteiger partial charge in [-0.3, -0.25) is 0 Å². The molecule has 8 nitrogen and oxygen atoms in total. The molecule has 0 radical (unpaired) electrons. The average molecular weight is 399 g/mol. The molecule has 29 heavy (non-hydrogen) atoms. The molecule has 2 N–H and O–H groups in total. The standard InChI is InChI=1S/C21H30N6O2/c1-15-25-26-20(27(15)2)14-23-21(22-13-16-7-10-28-11-8-16)24-18-9-12-29-19-6-4-3-5-17(18)19/h3-6,16,18H,7-14H2,1-2H3,(H2,22,23,24). The van der Waals surface area contributed by atoms with Gasteiger partial charge in [0, 0.05) is 38.8 Å². The number of ether oxygens (including phenoxy) is 2. The highest BCUT2D eigenvalue weighted by atomic mass is 16.5. The summed E-state index contributed by atoms with van der Waals surface area (Å²) < 4.78 is 13.3. The highest BCUT2D eigenvalue weighted by Crippen LogP contribution is 2.31. The third-order valence-corrected chi connectivity index (χ3v) is 5.73. The molecule has 3 heterocycles. The van der Waals surface area contributed by atoms with Crippen molar-refractivity contribution in [3.8, 4) is 5.75 Å². The van der Waals surface area contributed by atoms with E-state index in [1.54, 1.807) is 0 Å². The Morgan fingerprint density at radius 3 is 2.79 bits per heavy atom. The second-order valence-corrected chi connectivity index (χ2v) is 7.70. The smallest absolute Gasteiger partial charge is 0.192 e. The highest BCUT2D eigenvalue weighted by molar-refractivity contribution is 5.80. The predicted molar refractivity (Wildman–Crippen MR) is 111 cm³/mol. The van der Waals surface area contributed by atoms with Gasteiger partial charge in [0.1, 0.15) is 18.1 Å². The van der Waals surface area contributed by atoms with Gasteiger partial charge < -0.3 is 24.7 Å². The van der Waals surface area contributed by atoms with Crippen molar-refractivity contribution in [1.82, 2.24) is 25.4 Å². The van der Waals surface area contributed by atoms with Gasteiger partial charge in [-0.05, 0) is 31.7 Å². The Morgan fingerprint density at radius 1 is 1.17 bits per heavy atom. The van der Waals surface area contributed by atoms with Crippen molar-refractivity contribution in [2.75, 3.05) is 26.4 Å². The summed E-state index contributed by atoms with van der Waals surface area (Å²) in [5, 5.41) is 15.5. The number of rotatable bonds is 5. The van der Waals surface area contributed by atoms with Crippen molar-refractivity contribution in [3.63, 3.8) is 0 Å². The van der Waals surface area contributed by atoms with E-state index in [2.05, 4.69) is 33.0 Å². The van der Waals surface area contributed by atoms with E-state index in [0.29, 0.717) is 19.1 Å². The third-order valence-electron chi connectivity index (χ3n) is 5.73. The van der Waals surface area contributed by atoms with E-state index in [9.17, 15) is 0 Å². The average Bonchev–Trinajstić information content (AvgIpc) is 3.08. The minimum atomic E-state index is 0.169. The molecule has 2 aliphatic heterocycles. The number of hydrogen-bond acceptors (Lipinski definition) is 5. The minimum Gasteiger partial charge on any atom is -0.493 e. The number of aliphatic imine (C=N–C) groups is 1. The summed E-state index contributed by atoms with van der Waals surface area (Å²) >= 11 is 0. The Balaban J connectivity index is 1.48. The molecule has 0 spiro atoms. The number of fused-ring (bicyclic) bond motifs is 1. The van der Waals surface area contributed by atoms with Crippen LogP contribution in [0.25, 0.3) is 0 Å². The number of nitrogens with one attached hydrogen (secondary N) is 2. The van der Waals surface area contributed by atoms with E-state index in [0.717, 1.165) is 62.4 Å². The zero-order valence-electron chi connectivity index (χ0n) is 17.2. The number of aryl methyl sites for hydroxylation is 1. The number of para-hydroxylation sites is 1. The molecule has 0 aliphatic carbocycles. The number of guanidine groups is 1. The lowest BCUT2D eigenvalue weighted by Crippen LogP contribution is -2.43. The van der Waals surface area contributed by atoms with E-state index in [1.165, 1.54) is 5.56 Å². The van der Waals surface area contributed by atoms with Crippen LogP contribution in [0.4, 0.5) is 0 Å². The summed E-state index contributed by atoms with van der Waals surface area (Å²) in [6.45, 7) is 5.70. The first-order valence-corrected chi connectivity index (χ1v) is 10.4. The van der Waals surface area contributed by atoms with Gasteiger partial charge in [-0.25, -0.2) is 4.99 Å². The largest absolute Gasteiger partial charge is 0.493 e. The van der Waals surface area contributed by atoms with Gasteiger partial charge in [0.25, 0.3) is 0 Å². The molecule has 0 amide bonds. The third kappa shape index (κ3) is 4.87. The van der Waals surface area contributed by atoms with Crippen LogP contribution in [0.1, 0.15) is 42.5 Å². The lowest BCUT2D eigenvalue weighted by atomic mass is 10.00. The van der Waals surface area contributed by atoms with E-state index in [-0.39, 0.29) is 6.04 Å². The SMILES string of the molecule is Cc1nnc(CN=C(NCC2CCOCC2)NC2CCOc3ccccc32)n1C. The van der Waals surface area contributed by atoms with E-state index < -0.39 is 0 Å². The molecule has 1 atom stereocenters. The fourth-order valence-corrected chi connectivity index (χ4v) is 3.74. The van der Waals surface area contributed by atoms with Gasteiger partial charge in [-0.2, -0.15) is 0 Å². The van der Waals surface area contributed by atoms with Crippen molar-refractivity contribution in [3.05, 3.63) is 41.5 Å². The lowest BCUT2D eigenvalue weighted by Gasteiger charge is -2.29. The Bertz CT molecular complexity index is 843. The van der Waals surface area contributed by atoms with Crippen molar-refractivity contribution in [2.45, 2.75) is 38.8 Å². The topological polar surface area (TPSA) is 85.6 Å². The van der Waals surface area contributed by atoms with Crippen molar-refractivity contribution in [2.24, 2.45) is 18.0 Å². The summed E-state index contributed by atoms with van der Waals surface area (Å²) in [6.07, 6.45) is 3.07. The second-order valence-electron chi connectivity index (χ2n) is 7.70. The molecular formula is C21H30N6O2. The molecule has 156 valence electrons. The quantitative estimate of drug-likeness (QED) is 0.593. The lowest BCUT2D eigenvalue weighted by molar-refractivity contribution is 0.0675. The Kier molecular flexibility index (Phi) is 6.29. The molecule has 8 heteroatoms. The minimum absolute atomic E-state index is 0.169. The highest BCUT2D eigenvalue weighted by Gasteiger charge is 2.22. The van der Waals surface area contributed by atoms with Crippen molar-refractivity contribution < 1.29 is 9.47 Å². The summed E-state index contributed by atoms with van der Waals surface area (Å²) in [4.78, 5) is 4.82. The molecule has 1 aromatic heterocycles. The maximum atomic E-state index is 5.80. The molecule has 2 aromatic rings. The molecule has 2 aliphatic rings. The van der Waals surface area contributed by atoms with Gasteiger partial charge in [0.05, 0.1) is 12.6 Å². The maximum Gasteiger partial charge on any atom is 0.192 e. The Labute approximate surface area is 171 Å². The number of aromatic nitrogens is 3. The second kappa shape index (κ2) is 9.26. The fraction of sp³-hybridized carbons (Fsp3) is 0.571.